The highest BCUT2D eigenvalue weighted by atomic mass is 32.2. The molecule has 0 aliphatic carbocycles. The van der Waals surface area contributed by atoms with Gasteiger partial charge in [-0.3, -0.25) is 0 Å². The molecule has 6 heteroatoms. The maximum atomic E-state index is 13.0. The smallest absolute Gasteiger partial charge is 0.241 e. The van der Waals surface area contributed by atoms with E-state index in [-0.39, 0.29) is 10.9 Å². The number of anilines is 1. The van der Waals surface area contributed by atoms with Gasteiger partial charge in [0.1, 0.15) is 5.82 Å². The Labute approximate surface area is 148 Å². The van der Waals surface area contributed by atoms with E-state index in [2.05, 4.69) is 9.62 Å². The molecule has 0 bridgehead atoms. The fourth-order valence-corrected chi connectivity index (χ4v) is 4.34. The SMILES string of the molecule is C[C@@H](NS(=O)(=O)c1ccc(F)cc1)c1ccc(N2CCCCC2)cc1. The lowest BCUT2D eigenvalue weighted by Crippen LogP contribution is -2.29. The van der Waals surface area contributed by atoms with E-state index < -0.39 is 15.8 Å². The highest BCUT2D eigenvalue weighted by molar-refractivity contribution is 7.89. The minimum atomic E-state index is -3.68. The lowest BCUT2D eigenvalue weighted by Gasteiger charge is -2.29. The zero-order valence-corrected chi connectivity index (χ0v) is 15.1. The van der Waals surface area contributed by atoms with Crippen molar-refractivity contribution in [3.05, 3.63) is 59.9 Å². The first-order valence-corrected chi connectivity index (χ1v) is 10.1. The highest BCUT2D eigenvalue weighted by Gasteiger charge is 2.19. The van der Waals surface area contributed by atoms with E-state index in [9.17, 15) is 12.8 Å². The third-order valence-corrected chi connectivity index (χ3v) is 6.13. The molecule has 1 aliphatic heterocycles. The van der Waals surface area contributed by atoms with Crippen molar-refractivity contribution >= 4 is 15.7 Å². The van der Waals surface area contributed by atoms with Crippen LogP contribution in [0, 0.1) is 5.82 Å². The molecule has 4 nitrogen and oxygen atoms in total. The molecule has 134 valence electrons. The maximum Gasteiger partial charge on any atom is 0.241 e. The highest BCUT2D eigenvalue weighted by Crippen LogP contribution is 2.23. The van der Waals surface area contributed by atoms with Crippen LogP contribution in [0.2, 0.25) is 0 Å². The molecule has 0 spiro atoms. The molecule has 0 unspecified atom stereocenters. The molecule has 2 aromatic rings. The summed E-state index contributed by atoms with van der Waals surface area (Å²) in [7, 11) is -3.68. The maximum absolute atomic E-state index is 13.0. The van der Waals surface area contributed by atoms with Gasteiger partial charge in [-0.15, -0.1) is 0 Å². The Kier molecular flexibility index (Phi) is 5.39. The Balaban J connectivity index is 1.70. The fraction of sp³-hybridized carbons (Fsp3) is 0.368. The number of hydrogen-bond donors (Lipinski definition) is 1. The van der Waals surface area contributed by atoms with Crippen molar-refractivity contribution in [1.82, 2.24) is 4.72 Å². The van der Waals surface area contributed by atoms with Gasteiger partial charge in [0.15, 0.2) is 0 Å². The van der Waals surface area contributed by atoms with Gasteiger partial charge in [-0.1, -0.05) is 12.1 Å². The van der Waals surface area contributed by atoms with Crippen molar-refractivity contribution in [3.8, 4) is 0 Å². The number of nitrogens with one attached hydrogen (secondary N) is 1. The number of rotatable bonds is 5. The zero-order valence-electron chi connectivity index (χ0n) is 14.3. The van der Waals surface area contributed by atoms with Crippen LogP contribution in [0.25, 0.3) is 0 Å². The predicted octanol–water partition coefficient (Wildman–Crippen LogP) is 3.86. The summed E-state index contributed by atoms with van der Waals surface area (Å²) < 4.78 is 40.4. The van der Waals surface area contributed by atoms with Gasteiger partial charge in [-0.25, -0.2) is 17.5 Å². The fourth-order valence-electron chi connectivity index (χ4n) is 3.11. The zero-order chi connectivity index (χ0) is 17.9. The van der Waals surface area contributed by atoms with Crippen molar-refractivity contribution in [2.24, 2.45) is 0 Å². The van der Waals surface area contributed by atoms with Gasteiger partial charge in [0.2, 0.25) is 10.0 Å². The average molecular weight is 362 g/mol. The Hall–Kier alpha value is -1.92. The number of hydrogen-bond acceptors (Lipinski definition) is 3. The lowest BCUT2D eigenvalue weighted by molar-refractivity contribution is 0.566. The quantitative estimate of drug-likeness (QED) is 0.879. The minimum Gasteiger partial charge on any atom is -0.372 e. The normalized spacial score (nSPS) is 16.6. The van der Waals surface area contributed by atoms with Crippen LogP contribution >= 0.6 is 0 Å². The van der Waals surface area contributed by atoms with Crippen LogP contribution in [0.3, 0.4) is 0 Å². The van der Waals surface area contributed by atoms with Gasteiger partial charge in [-0.05, 0) is 68.1 Å². The molecule has 3 rings (SSSR count). The Morgan fingerprint density at radius 1 is 0.960 bits per heavy atom. The van der Waals surface area contributed by atoms with Crippen molar-refractivity contribution in [3.63, 3.8) is 0 Å². The van der Waals surface area contributed by atoms with Crippen LogP contribution in [0.15, 0.2) is 53.4 Å². The first-order chi connectivity index (χ1) is 12.0. The van der Waals surface area contributed by atoms with E-state index in [1.165, 1.54) is 37.1 Å². The summed E-state index contributed by atoms with van der Waals surface area (Å²) in [6.07, 6.45) is 3.72. The second-order valence-corrected chi connectivity index (χ2v) is 8.15. The van der Waals surface area contributed by atoms with E-state index in [4.69, 9.17) is 0 Å². The molecule has 1 heterocycles. The minimum absolute atomic E-state index is 0.0608. The molecule has 1 atom stereocenters. The van der Waals surface area contributed by atoms with Crippen LogP contribution in [-0.2, 0) is 10.0 Å². The molecule has 1 fully saturated rings. The van der Waals surface area contributed by atoms with Gasteiger partial charge in [-0.2, -0.15) is 0 Å². The molecular weight excluding hydrogens is 339 g/mol. The molecule has 1 saturated heterocycles. The van der Waals surface area contributed by atoms with Crippen molar-refractivity contribution in [1.29, 1.82) is 0 Å². The molecular formula is C19H23FN2O2S. The summed E-state index contributed by atoms with van der Waals surface area (Å²) in [4.78, 5) is 2.42. The third kappa shape index (κ3) is 4.38. The van der Waals surface area contributed by atoms with Crippen molar-refractivity contribution in [2.45, 2.75) is 37.1 Å². The number of nitrogens with zero attached hydrogens (tertiary/aromatic N) is 1. The van der Waals surface area contributed by atoms with E-state index in [1.54, 1.807) is 6.92 Å². The molecule has 0 aromatic heterocycles. The molecule has 0 amide bonds. The van der Waals surface area contributed by atoms with E-state index in [0.717, 1.165) is 30.8 Å². The summed E-state index contributed by atoms with van der Waals surface area (Å²) in [5.41, 5.74) is 2.07. The number of halogens is 1. The Morgan fingerprint density at radius 3 is 2.16 bits per heavy atom. The van der Waals surface area contributed by atoms with Crippen molar-refractivity contribution in [2.75, 3.05) is 18.0 Å². The Bertz CT molecular complexity index is 798. The predicted molar refractivity (Wildman–Crippen MR) is 97.6 cm³/mol. The lowest BCUT2D eigenvalue weighted by atomic mass is 10.1. The molecule has 0 radical (unpaired) electrons. The van der Waals surface area contributed by atoms with E-state index >= 15 is 0 Å². The second kappa shape index (κ2) is 7.54. The molecule has 0 saturated carbocycles. The first kappa shape index (κ1) is 17.9. The van der Waals surface area contributed by atoms with Crippen LogP contribution in [0.5, 0.6) is 0 Å². The van der Waals surface area contributed by atoms with Crippen LogP contribution in [0.4, 0.5) is 10.1 Å². The average Bonchev–Trinajstić information content (AvgIpc) is 2.62. The van der Waals surface area contributed by atoms with Gasteiger partial charge in [0.25, 0.3) is 0 Å². The largest absolute Gasteiger partial charge is 0.372 e. The number of piperidine rings is 1. The molecule has 25 heavy (non-hydrogen) atoms. The summed E-state index contributed by atoms with van der Waals surface area (Å²) in [5, 5.41) is 0. The third-order valence-electron chi connectivity index (χ3n) is 4.57. The second-order valence-electron chi connectivity index (χ2n) is 6.44. The summed E-state index contributed by atoms with van der Waals surface area (Å²) in [6, 6.07) is 12.5. The van der Waals surface area contributed by atoms with Crippen LogP contribution in [-0.4, -0.2) is 21.5 Å². The number of benzene rings is 2. The van der Waals surface area contributed by atoms with Gasteiger partial charge in [0, 0.05) is 24.8 Å². The number of sulfonamides is 1. The van der Waals surface area contributed by atoms with Gasteiger partial charge < -0.3 is 4.90 Å². The van der Waals surface area contributed by atoms with E-state index in [1.807, 2.05) is 24.3 Å². The van der Waals surface area contributed by atoms with Crippen LogP contribution in [0.1, 0.15) is 37.8 Å². The Morgan fingerprint density at radius 2 is 1.56 bits per heavy atom. The molecule has 1 aliphatic rings. The van der Waals surface area contributed by atoms with Crippen LogP contribution < -0.4 is 9.62 Å². The standard InChI is InChI=1S/C19H23FN2O2S/c1-15(21-25(23,24)19-11-7-17(20)8-12-19)16-5-9-18(10-6-16)22-13-3-2-4-14-22/h5-12,15,21H,2-4,13-14H2,1H3/t15-/m1/s1. The van der Waals surface area contributed by atoms with Gasteiger partial charge in [0.05, 0.1) is 4.90 Å². The van der Waals surface area contributed by atoms with E-state index in [0.29, 0.717) is 0 Å². The molecule has 2 aromatic carbocycles. The summed E-state index contributed by atoms with van der Waals surface area (Å²) >= 11 is 0. The van der Waals surface area contributed by atoms with Gasteiger partial charge >= 0.3 is 0 Å². The monoisotopic (exact) mass is 362 g/mol. The summed E-state index contributed by atoms with van der Waals surface area (Å²) in [6.45, 7) is 3.95. The first-order valence-electron chi connectivity index (χ1n) is 8.58. The van der Waals surface area contributed by atoms with Crippen molar-refractivity contribution < 1.29 is 12.8 Å². The molecule has 1 N–H and O–H groups in total. The summed E-state index contributed by atoms with van der Waals surface area (Å²) in [5.74, 6) is -0.458. The topological polar surface area (TPSA) is 49.4 Å².